The number of benzene rings is 4. The first-order chi connectivity index (χ1) is 24.5. The van der Waals surface area contributed by atoms with Gasteiger partial charge in [0.05, 0.1) is 37.1 Å². The number of carbonyl (C=O) groups excluding carboxylic acids is 3. The second kappa shape index (κ2) is 13.7. The van der Waals surface area contributed by atoms with Gasteiger partial charge < -0.3 is 29.2 Å². The number of amides is 3. The van der Waals surface area contributed by atoms with E-state index < -0.39 is 31.5 Å². The number of anilines is 3. The van der Waals surface area contributed by atoms with E-state index in [1.165, 1.54) is 0 Å². The lowest BCUT2D eigenvalue weighted by Crippen LogP contribution is -2.46. The molecule has 0 aliphatic carbocycles. The highest BCUT2D eigenvalue weighted by Crippen LogP contribution is 2.60. The molecule has 0 bridgehead atoms. The molecule has 264 valence electrons. The Kier molecular flexibility index (Phi) is 9.32. The van der Waals surface area contributed by atoms with Crippen LogP contribution in [-0.4, -0.2) is 66.7 Å². The van der Waals surface area contributed by atoms with E-state index in [1.54, 1.807) is 14.7 Å². The van der Waals surface area contributed by atoms with E-state index in [0.717, 1.165) is 11.1 Å². The van der Waals surface area contributed by atoms with Crippen molar-refractivity contribution < 1.29 is 33.8 Å². The summed E-state index contributed by atoms with van der Waals surface area (Å²) in [5, 5.41) is 9.88. The van der Waals surface area contributed by atoms with E-state index >= 15 is 4.79 Å². The van der Waals surface area contributed by atoms with E-state index in [9.17, 15) is 19.5 Å². The van der Waals surface area contributed by atoms with Crippen molar-refractivity contribution >= 4 is 43.1 Å². The van der Waals surface area contributed by atoms with Gasteiger partial charge in [-0.3, -0.25) is 19.3 Å². The number of hydrogen-bond acceptors (Lipinski definition) is 7. The number of para-hydroxylation sites is 2. The van der Waals surface area contributed by atoms with Gasteiger partial charge in [0.15, 0.2) is 20.5 Å². The van der Waals surface area contributed by atoms with Crippen LogP contribution in [0.1, 0.15) is 30.0 Å². The first-order valence-electron chi connectivity index (χ1n) is 17.4. The topological polar surface area (TPSA) is 120 Å². The zero-order valence-corrected chi connectivity index (χ0v) is 30.1. The molecule has 4 aromatic carbocycles. The normalized spacial score (nSPS) is 22.6. The Morgan fingerprint density at radius 3 is 2.27 bits per heavy atom. The van der Waals surface area contributed by atoms with Gasteiger partial charge in [-0.2, -0.15) is 0 Å². The van der Waals surface area contributed by atoms with Crippen LogP contribution in [0.3, 0.4) is 0 Å². The SMILES string of the molecule is C[C@@H]1[C@@H]([Si](C)(C)O)[C@H](CC(=O)N(CCO)Cc2ccccc2)O[C@@]12C(=O)N(Cc1ccccc1)c1ccc(N3C(=O)COc4ccccc43)cc12. The van der Waals surface area contributed by atoms with Crippen molar-refractivity contribution in [2.24, 2.45) is 5.92 Å². The van der Waals surface area contributed by atoms with Crippen molar-refractivity contribution in [1.29, 1.82) is 0 Å². The zero-order valence-electron chi connectivity index (χ0n) is 29.1. The second-order valence-electron chi connectivity index (χ2n) is 14.2. The van der Waals surface area contributed by atoms with E-state index in [2.05, 4.69) is 0 Å². The third-order valence-electron chi connectivity index (χ3n) is 10.4. The highest BCUT2D eigenvalue weighted by Gasteiger charge is 2.66. The lowest BCUT2D eigenvalue weighted by molar-refractivity contribution is -0.150. The van der Waals surface area contributed by atoms with Crippen molar-refractivity contribution in [3.63, 3.8) is 0 Å². The van der Waals surface area contributed by atoms with Crippen molar-refractivity contribution in [3.8, 4) is 5.75 Å². The van der Waals surface area contributed by atoms with Crippen molar-refractivity contribution in [2.75, 3.05) is 29.6 Å². The molecular weight excluding hydrogens is 663 g/mol. The molecule has 1 saturated heterocycles. The molecule has 0 saturated carbocycles. The molecule has 0 unspecified atom stereocenters. The molecule has 0 radical (unpaired) electrons. The summed E-state index contributed by atoms with van der Waals surface area (Å²) in [7, 11) is -3.09. The average molecular weight is 706 g/mol. The third kappa shape index (κ3) is 6.24. The first-order valence-corrected chi connectivity index (χ1v) is 20.4. The number of ether oxygens (including phenoxy) is 2. The molecule has 11 heteroatoms. The number of carbonyl (C=O) groups is 3. The maximum absolute atomic E-state index is 15.0. The molecule has 0 aromatic heterocycles. The Bertz CT molecular complexity index is 1940. The molecule has 3 amide bonds. The Balaban J connectivity index is 1.31. The lowest BCUT2D eigenvalue weighted by Gasteiger charge is -2.33. The number of aliphatic hydroxyl groups is 1. The first kappa shape index (κ1) is 34.6. The summed E-state index contributed by atoms with van der Waals surface area (Å²) in [4.78, 5) is 59.3. The maximum Gasteiger partial charge on any atom is 0.269 e. The summed E-state index contributed by atoms with van der Waals surface area (Å²) in [5.41, 5.74) is 2.25. The van der Waals surface area contributed by atoms with Crippen LogP contribution >= 0.6 is 0 Å². The van der Waals surface area contributed by atoms with Crippen LogP contribution in [-0.2, 0) is 37.8 Å². The molecule has 3 aliphatic rings. The van der Waals surface area contributed by atoms with Crippen molar-refractivity contribution in [2.45, 2.75) is 56.8 Å². The van der Waals surface area contributed by atoms with Crippen molar-refractivity contribution in [1.82, 2.24) is 4.90 Å². The molecule has 2 N–H and O–H groups in total. The molecule has 10 nitrogen and oxygen atoms in total. The molecule has 51 heavy (non-hydrogen) atoms. The lowest BCUT2D eigenvalue weighted by atomic mass is 9.82. The number of rotatable bonds is 10. The Morgan fingerprint density at radius 2 is 1.59 bits per heavy atom. The van der Waals surface area contributed by atoms with Gasteiger partial charge in [-0.25, -0.2) is 0 Å². The summed E-state index contributed by atoms with van der Waals surface area (Å²) in [5.74, 6) is -0.691. The number of aliphatic hydroxyl groups excluding tert-OH is 1. The Hall–Kier alpha value is -4.81. The van der Waals surface area contributed by atoms with Crippen molar-refractivity contribution in [3.05, 3.63) is 120 Å². The van der Waals surface area contributed by atoms with Crippen LogP contribution in [0.4, 0.5) is 17.1 Å². The second-order valence-corrected chi connectivity index (χ2v) is 18.1. The smallest absolute Gasteiger partial charge is 0.269 e. The summed E-state index contributed by atoms with van der Waals surface area (Å²) >= 11 is 0. The van der Waals surface area contributed by atoms with Gasteiger partial charge in [0.25, 0.3) is 11.8 Å². The summed E-state index contributed by atoms with van der Waals surface area (Å²) in [6, 6.07) is 32.2. The molecule has 7 rings (SSSR count). The van der Waals surface area contributed by atoms with Crippen LogP contribution < -0.4 is 14.5 Å². The largest absolute Gasteiger partial charge is 0.482 e. The zero-order chi connectivity index (χ0) is 35.9. The van der Waals surface area contributed by atoms with Crippen LogP contribution in [0.5, 0.6) is 5.75 Å². The minimum absolute atomic E-state index is 0.0725. The fourth-order valence-electron chi connectivity index (χ4n) is 8.23. The predicted octanol–water partition coefficient (Wildman–Crippen LogP) is 5.50. The Morgan fingerprint density at radius 1 is 0.922 bits per heavy atom. The molecule has 3 aliphatic heterocycles. The quantitative estimate of drug-likeness (QED) is 0.209. The summed E-state index contributed by atoms with van der Waals surface area (Å²) < 4.78 is 12.7. The average Bonchev–Trinajstić information content (AvgIpc) is 3.54. The molecule has 1 fully saturated rings. The summed E-state index contributed by atoms with van der Waals surface area (Å²) in [6.07, 6.45) is -0.851. The highest BCUT2D eigenvalue weighted by atomic mass is 28.4. The fraction of sp³-hybridized carbons (Fsp3) is 0.325. The van der Waals surface area contributed by atoms with E-state index in [4.69, 9.17) is 9.47 Å². The third-order valence-corrected chi connectivity index (χ3v) is 12.9. The van der Waals surface area contributed by atoms with Gasteiger partial charge in [0.2, 0.25) is 5.91 Å². The van der Waals surface area contributed by atoms with Gasteiger partial charge in [-0.05, 0) is 54.6 Å². The molecule has 1 spiro atoms. The van der Waals surface area contributed by atoms with Crippen LogP contribution in [0.25, 0.3) is 0 Å². The molecule has 4 aromatic rings. The van der Waals surface area contributed by atoms with E-state index in [1.807, 2.05) is 123 Å². The van der Waals surface area contributed by atoms with Crippen LogP contribution in [0, 0.1) is 5.92 Å². The number of hydrogen-bond donors (Lipinski definition) is 2. The Labute approximate surface area is 299 Å². The van der Waals surface area contributed by atoms with Gasteiger partial charge in [0.1, 0.15) is 5.75 Å². The van der Waals surface area contributed by atoms with Crippen LogP contribution in [0.15, 0.2) is 103 Å². The maximum atomic E-state index is 15.0. The van der Waals surface area contributed by atoms with Gasteiger partial charge >= 0.3 is 0 Å². The fourth-order valence-corrected chi connectivity index (χ4v) is 10.8. The highest BCUT2D eigenvalue weighted by molar-refractivity contribution is 6.71. The predicted molar refractivity (Wildman–Crippen MR) is 196 cm³/mol. The van der Waals surface area contributed by atoms with E-state index in [-0.39, 0.29) is 43.9 Å². The number of fused-ring (bicyclic) bond motifs is 3. The monoisotopic (exact) mass is 705 g/mol. The standard InChI is InChI=1S/C40H43N3O7Si/c1-27-38(51(2,3)48)35(23-36(45)41(20-21-44)24-28-12-6-4-7-13-28)50-40(27)31-22-30(43-33-16-10-11-17-34(33)49-26-37(43)46)18-19-32(31)42(39(40)47)25-29-14-8-5-9-15-29/h4-19,22,27,35,38,44,48H,20-21,23-26H2,1-3H3/t27-,35+,38-,40+/m1/s1. The molecular formula is C40H43N3O7Si. The minimum Gasteiger partial charge on any atom is -0.482 e. The number of nitrogens with zero attached hydrogens (tertiary/aromatic N) is 3. The van der Waals surface area contributed by atoms with Crippen LogP contribution in [0.2, 0.25) is 18.6 Å². The van der Waals surface area contributed by atoms with E-state index in [0.29, 0.717) is 41.5 Å². The van der Waals surface area contributed by atoms with Gasteiger partial charge in [-0.1, -0.05) is 79.7 Å². The molecule has 4 atom stereocenters. The van der Waals surface area contributed by atoms with Gasteiger partial charge in [-0.15, -0.1) is 0 Å². The molecule has 3 heterocycles. The minimum atomic E-state index is -3.09. The van der Waals surface area contributed by atoms with Gasteiger partial charge in [0, 0.05) is 35.8 Å². The summed E-state index contributed by atoms with van der Waals surface area (Å²) in [6.45, 7) is 5.98.